The summed E-state index contributed by atoms with van der Waals surface area (Å²) < 4.78 is 0. The molecule has 2 rings (SSSR count). The van der Waals surface area contributed by atoms with Gasteiger partial charge in [-0.25, -0.2) is 0 Å². The summed E-state index contributed by atoms with van der Waals surface area (Å²) in [5.74, 6) is 0.770. The van der Waals surface area contributed by atoms with E-state index >= 15 is 0 Å². The van der Waals surface area contributed by atoms with Crippen LogP contribution in [0.2, 0.25) is 0 Å². The molecule has 0 radical (unpaired) electrons. The van der Waals surface area contributed by atoms with Gasteiger partial charge in [0.05, 0.1) is 19.3 Å². The first-order valence-electron chi connectivity index (χ1n) is 5.87. The average Bonchev–Trinajstić information content (AvgIpc) is 3.15. The normalized spacial score (nSPS) is 15.7. The van der Waals surface area contributed by atoms with Gasteiger partial charge in [0.1, 0.15) is 0 Å². The fourth-order valence-electron chi connectivity index (χ4n) is 1.82. The van der Waals surface area contributed by atoms with Crippen LogP contribution in [0.5, 0.6) is 0 Å². The van der Waals surface area contributed by atoms with E-state index in [-0.39, 0.29) is 19.3 Å². The molecule has 3 N–H and O–H groups in total. The molecule has 0 spiro atoms. The van der Waals surface area contributed by atoms with Gasteiger partial charge in [-0.15, -0.1) is 0 Å². The monoisotopic (exact) mass is 221 g/mol. The van der Waals surface area contributed by atoms with Crippen LogP contribution in [0.1, 0.15) is 29.9 Å². The zero-order chi connectivity index (χ0) is 11.4. The first-order chi connectivity index (χ1) is 7.83. The summed E-state index contributed by atoms with van der Waals surface area (Å²) in [5.41, 5.74) is 2.64. The van der Waals surface area contributed by atoms with Gasteiger partial charge in [0.2, 0.25) is 0 Å². The fourth-order valence-corrected chi connectivity index (χ4v) is 1.82. The molecule has 88 valence electrons. The maximum absolute atomic E-state index is 8.93. The van der Waals surface area contributed by atoms with Crippen LogP contribution in [0.3, 0.4) is 0 Å². The Balaban J connectivity index is 1.90. The van der Waals surface area contributed by atoms with Crippen LogP contribution < -0.4 is 5.32 Å². The van der Waals surface area contributed by atoms with Crippen LogP contribution in [0, 0.1) is 0 Å². The van der Waals surface area contributed by atoms with Gasteiger partial charge in [0, 0.05) is 6.54 Å². The van der Waals surface area contributed by atoms with Crippen LogP contribution in [0.4, 0.5) is 0 Å². The summed E-state index contributed by atoms with van der Waals surface area (Å²) in [7, 11) is 0. The van der Waals surface area contributed by atoms with E-state index in [1.807, 2.05) is 0 Å². The molecule has 0 atom stereocenters. The number of hydrogen-bond donors (Lipinski definition) is 3. The number of aliphatic hydroxyl groups excluding tert-OH is 2. The van der Waals surface area contributed by atoms with Crippen molar-refractivity contribution >= 4 is 0 Å². The molecule has 1 aromatic rings. The highest BCUT2D eigenvalue weighted by Gasteiger charge is 2.23. The molecule has 0 bridgehead atoms. The molecule has 0 saturated heterocycles. The van der Waals surface area contributed by atoms with Gasteiger partial charge in [-0.3, -0.25) is 0 Å². The molecule has 16 heavy (non-hydrogen) atoms. The molecular formula is C13H19NO2. The molecular weight excluding hydrogens is 202 g/mol. The van der Waals surface area contributed by atoms with Gasteiger partial charge in [0.15, 0.2) is 0 Å². The van der Waals surface area contributed by atoms with Crippen LogP contribution in [-0.2, 0) is 6.54 Å². The molecule has 0 unspecified atom stereocenters. The number of benzene rings is 1. The molecule has 3 heteroatoms. The average molecular weight is 221 g/mol. The van der Waals surface area contributed by atoms with E-state index in [0.29, 0.717) is 6.54 Å². The van der Waals surface area contributed by atoms with Gasteiger partial charge in [-0.2, -0.15) is 0 Å². The lowest BCUT2D eigenvalue weighted by Crippen LogP contribution is -2.35. The molecule has 1 aliphatic carbocycles. The Bertz CT molecular complexity index is 332. The zero-order valence-electron chi connectivity index (χ0n) is 9.39. The number of nitrogens with one attached hydrogen (secondary N) is 1. The van der Waals surface area contributed by atoms with Gasteiger partial charge in [-0.05, 0) is 29.9 Å². The van der Waals surface area contributed by atoms with Crippen molar-refractivity contribution in [3.8, 4) is 0 Å². The summed E-state index contributed by atoms with van der Waals surface area (Å²) in [5, 5.41) is 21.0. The Morgan fingerprint density at radius 3 is 2.62 bits per heavy atom. The van der Waals surface area contributed by atoms with E-state index in [2.05, 4.69) is 29.6 Å². The molecule has 1 aromatic carbocycles. The molecule has 3 nitrogen and oxygen atoms in total. The third-order valence-electron chi connectivity index (χ3n) is 3.04. The Hall–Kier alpha value is -0.900. The van der Waals surface area contributed by atoms with E-state index in [1.54, 1.807) is 0 Å². The number of hydrogen-bond acceptors (Lipinski definition) is 3. The number of aliphatic hydroxyl groups is 2. The van der Waals surface area contributed by atoms with Crippen molar-refractivity contribution in [1.82, 2.24) is 5.32 Å². The Kier molecular flexibility index (Phi) is 3.93. The van der Waals surface area contributed by atoms with Crippen molar-refractivity contribution in [2.45, 2.75) is 31.3 Å². The maximum atomic E-state index is 8.93. The topological polar surface area (TPSA) is 52.5 Å². The Morgan fingerprint density at radius 2 is 2.00 bits per heavy atom. The minimum Gasteiger partial charge on any atom is -0.395 e. The van der Waals surface area contributed by atoms with Crippen molar-refractivity contribution in [3.63, 3.8) is 0 Å². The van der Waals surface area contributed by atoms with Crippen LogP contribution in [-0.4, -0.2) is 29.5 Å². The van der Waals surface area contributed by atoms with Crippen molar-refractivity contribution in [2.24, 2.45) is 0 Å². The predicted molar refractivity (Wildman–Crippen MR) is 63.2 cm³/mol. The van der Waals surface area contributed by atoms with Crippen molar-refractivity contribution in [3.05, 3.63) is 35.4 Å². The first kappa shape index (κ1) is 11.6. The first-order valence-corrected chi connectivity index (χ1v) is 5.87. The summed E-state index contributed by atoms with van der Waals surface area (Å²) in [4.78, 5) is 0. The second kappa shape index (κ2) is 5.43. The quantitative estimate of drug-likeness (QED) is 0.672. The van der Waals surface area contributed by atoms with Crippen molar-refractivity contribution in [2.75, 3.05) is 13.2 Å². The minimum atomic E-state index is -0.218. The second-order valence-electron chi connectivity index (χ2n) is 4.46. The molecule has 1 fully saturated rings. The smallest absolute Gasteiger partial charge is 0.0607 e. The van der Waals surface area contributed by atoms with E-state index in [9.17, 15) is 0 Å². The van der Waals surface area contributed by atoms with E-state index in [4.69, 9.17) is 10.2 Å². The molecule has 1 aliphatic rings. The van der Waals surface area contributed by atoms with E-state index in [0.717, 1.165) is 5.92 Å². The van der Waals surface area contributed by atoms with Gasteiger partial charge in [-0.1, -0.05) is 24.3 Å². The van der Waals surface area contributed by atoms with Gasteiger partial charge in [0.25, 0.3) is 0 Å². The summed E-state index contributed by atoms with van der Waals surface area (Å²) in [6, 6.07) is 8.33. The zero-order valence-corrected chi connectivity index (χ0v) is 9.39. The Labute approximate surface area is 96.1 Å². The minimum absolute atomic E-state index is 0.0290. The summed E-state index contributed by atoms with van der Waals surface area (Å²) in [6.07, 6.45) is 2.62. The lowest BCUT2D eigenvalue weighted by Gasteiger charge is -2.13. The second-order valence-corrected chi connectivity index (χ2v) is 4.46. The predicted octanol–water partition coefficient (Wildman–Crippen LogP) is 1.01. The van der Waals surface area contributed by atoms with Crippen LogP contribution in [0.25, 0.3) is 0 Å². The Morgan fingerprint density at radius 1 is 1.25 bits per heavy atom. The summed E-state index contributed by atoms with van der Waals surface area (Å²) >= 11 is 0. The van der Waals surface area contributed by atoms with Gasteiger partial charge < -0.3 is 15.5 Å². The molecule has 0 amide bonds. The molecule has 1 saturated carbocycles. The molecule has 0 heterocycles. The molecule has 0 aromatic heterocycles. The van der Waals surface area contributed by atoms with Crippen molar-refractivity contribution in [1.29, 1.82) is 0 Å². The maximum Gasteiger partial charge on any atom is 0.0607 e. The highest BCUT2D eigenvalue weighted by Crippen LogP contribution is 2.40. The van der Waals surface area contributed by atoms with Crippen LogP contribution >= 0.6 is 0 Å². The third-order valence-corrected chi connectivity index (χ3v) is 3.04. The third kappa shape index (κ3) is 3.04. The highest BCUT2D eigenvalue weighted by atomic mass is 16.3. The lowest BCUT2D eigenvalue weighted by atomic mass is 10.1. The molecule has 0 aliphatic heterocycles. The van der Waals surface area contributed by atoms with Crippen molar-refractivity contribution < 1.29 is 10.2 Å². The van der Waals surface area contributed by atoms with Crippen LogP contribution in [0.15, 0.2) is 24.3 Å². The SMILES string of the molecule is OCC(CO)NCc1cccc(C2CC2)c1. The van der Waals surface area contributed by atoms with E-state index < -0.39 is 0 Å². The lowest BCUT2D eigenvalue weighted by molar-refractivity contribution is 0.170. The van der Waals surface area contributed by atoms with Gasteiger partial charge >= 0.3 is 0 Å². The highest BCUT2D eigenvalue weighted by molar-refractivity contribution is 5.29. The summed E-state index contributed by atoms with van der Waals surface area (Å²) in [6.45, 7) is 0.643. The number of rotatable bonds is 6. The largest absolute Gasteiger partial charge is 0.395 e. The van der Waals surface area contributed by atoms with E-state index in [1.165, 1.54) is 24.0 Å². The fraction of sp³-hybridized carbons (Fsp3) is 0.538. The standard InChI is InChI=1S/C13H19NO2/c15-8-13(9-16)14-7-10-2-1-3-12(6-10)11-4-5-11/h1-3,6,11,13-16H,4-5,7-9H2.